The molecule has 0 unspecified atom stereocenters. The number of rotatable bonds is 2. The maximum absolute atomic E-state index is 5.99. The minimum absolute atomic E-state index is 0.0822. The monoisotopic (exact) mass is 340 g/mol. The van der Waals surface area contributed by atoms with Gasteiger partial charge >= 0.3 is 0 Å². The Morgan fingerprint density at radius 1 is 1.04 bits per heavy atom. The fourth-order valence-corrected chi connectivity index (χ4v) is 3.85. The molecule has 0 amide bonds. The normalized spacial score (nSPS) is 24.4. The molecule has 132 valence electrons. The van der Waals surface area contributed by atoms with E-state index in [0.717, 1.165) is 69.6 Å². The van der Waals surface area contributed by atoms with Gasteiger partial charge in [-0.1, -0.05) is 0 Å². The molecule has 1 atom stereocenters. The van der Waals surface area contributed by atoms with E-state index >= 15 is 0 Å². The lowest BCUT2D eigenvalue weighted by atomic mass is 9.80. The molecule has 0 aliphatic carbocycles. The fraction of sp³-hybridized carbons (Fsp3) is 0.556. The number of aromatic nitrogens is 4. The second-order valence-corrected chi connectivity index (χ2v) is 7.10. The quantitative estimate of drug-likeness (QED) is 0.824. The topological polar surface area (TPSA) is 67.3 Å². The number of hydrogen-bond donors (Lipinski definition) is 0. The standard InChI is InChI=1S/C18H24N6O/c1-15-3-4-16(22-21-15)23-8-2-5-18(12-23)13-24(9-10-25-14-18)17-11-19-6-7-20-17/h3-4,6-7,11H,2,5,8-10,12-14H2,1H3/t18-/m0/s1. The molecule has 25 heavy (non-hydrogen) atoms. The molecule has 1 spiro atoms. The average molecular weight is 340 g/mol. The Balaban J connectivity index is 1.55. The van der Waals surface area contributed by atoms with Gasteiger partial charge in [-0.2, -0.15) is 5.10 Å². The third-order valence-corrected chi connectivity index (χ3v) is 5.08. The number of nitrogens with zero attached hydrogens (tertiary/aromatic N) is 6. The summed E-state index contributed by atoms with van der Waals surface area (Å²) >= 11 is 0. The van der Waals surface area contributed by atoms with Crippen LogP contribution >= 0.6 is 0 Å². The van der Waals surface area contributed by atoms with Gasteiger partial charge in [0.25, 0.3) is 0 Å². The van der Waals surface area contributed by atoms with Crippen molar-refractivity contribution in [2.24, 2.45) is 5.41 Å². The van der Waals surface area contributed by atoms with Crippen LogP contribution in [-0.2, 0) is 4.74 Å². The molecule has 0 N–H and O–H groups in total. The van der Waals surface area contributed by atoms with Gasteiger partial charge in [0.05, 0.1) is 25.1 Å². The smallest absolute Gasteiger partial charge is 0.151 e. The molecule has 2 aromatic rings. The second-order valence-electron chi connectivity index (χ2n) is 7.10. The number of aryl methyl sites for hydroxylation is 1. The highest BCUT2D eigenvalue weighted by Crippen LogP contribution is 2.35. The number of hydrogen-bond acceptors (Lipinski definition) is 7. The van der Waals surface area contributed by atoms with Crippen molar-refractivity contribution in [2.75, 3.05) is 49.2 Å². The molecular weight excluding hydrogens is 316 g/mol. The van der Waals surface area contributed by atoms with Crippen molar-refractivity contribution < 1.29 is 4.74 Å². The summed E-state index contributed by atoms with van der Waals surface area (Å²) in [4.78, 5) is 13.4. The summed E-state index contributed by atoms with van der Waals surface area (Å²) in [5, 5.41) is 8.60. The molecule has 2 saturated heterocycles. The molecule has 2 aliphatic rings. The molecule has 2 aromatic heterocycles. The lowest BCUT2D eigenvalue weighted by Crippen LogP contribution is -2.51. The first-order valence-electron chi connectivity index (χ1n) is 8.88. The first kappa shape index (κ1) is 16.2. The first-order valence-corrected chi connectivity index (χ1v) is 8.88. The maximum atomic E-state index is 5.99. The van der Waals surface area contributed by atoms with Crippen molar-refractivity contribution in [3.63, 3.8) is 0 Å². The number of ether oxygens (including phenoxy) is 1. The third-order valence-electron chi connectivity index (χ3n) is 5.08. The van der Waals surface area contributed by atoms with Crippen molar-refractivity contribution in [1.29, 1.82) is 0 Å². The average Bonchev–Trinajstić information content (AvgIpc) is 2.86. The maximum Gasteiger partial charge on any atom is 0.151 e. The Morgan fingerprint density at radius 3 is 2.68 bits per heavy atom. The summed E-state index contributed by atoms with van der Waals surface area (Å²) in [6.07, 6.45) is 7.59. The van der Waals surface area contributed by atoms with E-state index in [1.54, 1.807) is 12.4 Å². The second kappa shape index (κ2) is 6.92. The van der Waals surface area contributed by atoms with Gasteiger partial charge in [-0.15, -0.1) is 5.10 Å². The van der Waals surface area contributed by atoms with Crippen molar-refractivity contribution in [2.45, 2.75) is 19.8 Å². The SMILES string of the molecule is Cc1ccc(N2CCC[C@]3(COCCN(c4cnccn4)C3)C2)nn1. The fourth-order valence-electron chi connectivity index (χ4n) is 3.85. The van der Waals surface area contributed by atoms with Gasteiger partial charge < -0.3 is 14.5 Å². The Hall–Kier alpha value is -2.28. The van der Waals surface area contributed by atoms with Crippen LogP contribution in [0.15, 0.2) is 30.7 Å². The van der Waals surface area contributed by atoms with Crippen molar-refractivity contribution in [3.8, 4) is 0 Å². The highest BCUT2D eigenvalue weighted by atomic mass is 16.5. The summed E-state index contributed by atoms with van der Waals surface area (Å²) in [5.74, 6) is 1.89. The van der Waals surface area contributed by atoms with E-state index < -0.39 is 0 Å². The molecule has 0 bridgehead atoms. The summed E-state index contributed by atoms with van der Waals surface area (Å²) < 4.78 is 5.99. The zero-order chi connectivity index (χ0) is 17.1. The van der Waals surface area contributed by atoms with Crippen LogP contribution in [0.3, 0.4) is 0 Å². The molecule has 7 heteroatoms. The van der Waals surface area contributed by atoms with Gasteiger partial charge in [-0.05, 0) is 31.9 Å². The van der Waals surface area contributed by atoms with Gasteiger partial charge in [0, 0.05) is 44.0 Å². The van der Waals surface area contributed by atoms with E-state index in [1.807, 2.05) is 19.2 Å². The van der Waals surface area contributed by atoms with Crippen LogP contribution in [0.1, 0.15) is 18.5 Å². The molecule has 2 fully saturated rings. The summed E-state index contributed by atoms with van der Waals surface area (Å²) in [7, 11) is 0. The zero-order valence-corrected chi connectivity index (χ0v) is 14.6. The highest BCUT2D eigenvalue weighted by Gasteiger charge is 2.39. The van der Waals surface area contributed by atoms with Crippen LogP contribution in [0.25, 0.3) is 0 Å². The van der Waals surface area contributed by atoms with Gasteiger partial charge in [0.2, 0.25) is 0 Å². The summed E-state index contributed by atoms with van der Waals surface area (Å²) in [6.45, 7) is 7.20. The number of anilines is 2. The molecule has 7 nitrogen and oxygen atoms in total. The summed E-state index contributed by atoms with van der Waals surface area (Å²) in [6, 6.07) is 4.10. The minimum Gasteiger partial charge on any atom is -0.379 e. The Labute approximate surface area is 148 Å². The van der Waals surface area contributed by atoms with Crippen LogP contribution in [0, 0.1) is 12.3 Å². The predicted octanol–water partition coefficient (Wildman–Crippen LogP) is 1.70. The lowest BCUT2D eigenvalue weighted by molar-refractivity contribution is 0.0597. The summed E-state index contributed by atoms with van der Waals surface area (Å²) in [5.41, 5.74) is 1.03. The Kier molecular flexibility index (Phi) is 4.48. The van der Waals surface area contributed by atoms with Crippen molar-refractivity contribution >= 4 is 11.6 Å². The third kappa shape index (κ3) is 3.56. The number of piperidine rings is 1. The van der Waals surface area contributed by atoms with Crippen molar-refractivity contribution in [1.82, 2.24) is 20.2 Å². The van der Waals surface area contributed by atoms with Gasteiger partial charge in [-0.25, -0.2) is 4.98 Å². The van der Waals surface area contributed by atoms with Crippen LogP contribution in [0.2, 0.25) is 0 Å². The van der Waals surface area contributed by atoms with Gasteiger partial charge in [0.15, 0.2) is 5.82 Å². The Morgan fingerprint density at radius 2 is 1.92 bits per heavy atom. The van der Waals surface area contributed by atoms with Gasteiger partial charge in [0.1, 0.15) is 5.82 Å². The van der Waals surface area contributed by atoms with Crippen LogP contribution < -0.4 is 9.80 Å². The molecular formula is C18H24N6O. The van der Waals surface area contributed by atoms with E-state index in [2.05, 4.69) is 36.0 Å². The zero-order valence-electron chi connectivity index (χ0n) is 14.6. The highest BCUT2D eigenvalue weighted by molar-refractivity contribution is 5.40. The first-order chi connectivity index (χ1) is 12.2. The predicted molar refractivity (Wildman–Crippen MR) is 95.7 cm³/mol. The lowest BCUT2D eigenvalue weighted by Gasteiger charge is -2.44. The minimum atomic E-state index is 0.0822. The van der Waals surface area contributed by atoms with Crippen molar-refractivity contribution in [3.05, 3.63) is 36.4 Å². The largest absolute Gasteiger partial charge is 0.379 e. The van der Waals surface area contributed by atoms with E-state index in [0.29, 0.717) is 0 Å². The molecule has 4 heterocycles. The van der Waals surface area contributed by atoms with Gasteiger partial charge in [-0.3, -0.25) is 4.98 Å². The van der Waals surface area contributed by atoms with E-state index in [1.165, 1.54) is 0 Å². The van der Waals surface area contributed by atoms with E-state index in [-0.39, 0.29) is 5.41 Å². The molecule has 0 saturated carbocycles. The van der Waals surface area contributed by atoms with E-state index in [4.69, 9.17) is 4.74 Å². The van der Waals surface area contributed by atoms with Crippen LogP contribution in [-0.4, -0.2) is 59.6 Å². The van der Waals surface area contributed by atoms with Crippen LogP contribution in [0.4, 0.5) is 11.6 Å². The molecule has 0 aromatic carbocycles. The van der Waals surface area contributed by atoms with Crippen LogP contribution in [0.5, 0.6) is 0 Å². The molecule has 4 rings (SSSR count). The molecule has 2 aliphatic heterocycles. The van der Waals surface area contributed by atoms with E-state index in [9.17, 15) is 0 Å². The molecule has 0 radical (unpaired) electrons. The Bertz CT molecular complexity index is 694.